The van der Waals surface area contributed by atoms with Gasteiger partial charge in [-0.1, -0.05) is 6.07 Å². The Kier molecular flexibility index (Phi) is 4.90. The predicted molar refractivity (Wildman–Crippen MR) is 89.7 cm³/mol. The molecule has 1 aromatic heterocycles. The third-order valence-electron chi connectivity index (χ3n) is 3.42. The summed E-state index contributed by atoms with van der Waals surface area (Å²) in [5, 5.41) is 2.18. The third-order valence-corrected chi connectivity index (χ3v) is 5.73. The second-order valence-electron chi connectivity index (χ2n) is 4.79. The summed E-state index contributed by atoms with van der Waals surface area (Å²) >= 11 is 3.37. The summed E-state index contributed by atoms with van der Waals surface area (Å²) in [6, 6.07) is 11.6. The standard InChI is InChI=1S/C16H17NO3S2/c1-19-12-4-6-13(7-5-12)20-9-8-17-15(18)11-22-16(17)14-3-2-10-21-14/h2-7,10,16H,8-9,11H2,1H3. The van der Waals surface area contributed by atoms with Crippen LogP contribution in [0.3, 0.4) is 0 Å². The summed E-state index contributed by atoms with van der Waals surface area (Å²) in [5.41, 5.74) is 0. The molecule has 0 aliphatic carbocycles. The van der Waals surface area contributed by atoms with Crippen molar-refractivity contribution in [1.82, 2.24) is 4.90 Å². The molecule has 1 unspecified atom stereocenters. The van der Waals surface area contributed by atoms with Crippen LogP contribution in [-0.2, 0) is 4.79 Å². The summed E-state index contributed by atoms with van der Waals surface area (Å²) < 4.78 is 10.8. The van der Waals surface area contributed by atoms with Gasteiger partial charge in [0.1, 0.15) is 23.5 Å². The van der Waals surface area contributed by atoms with Gasteiger partial charge in [0.2, 0.25) is 5.91 Å². The highest BCUT2D eigenvalue weighted by atomic mass is 32.2. The third kappa shape index (κ3) is 3.39. The Balaban J connectivity index is 1.56. The fourth-order valence-corrected chi connectivity index (χ4v) is 4.50. The van der Waals surface area contributed by atoms with E-state index in [1.54, 1.807) is 30.2 Å². The van der Waals surface area contributed by atoms with E-state index in [9.17, 15) is 4.79 Å². The lowest BCUT2D eigenvalue weighted by atomic mass is 10.3. The van der Waals surface area contributed by atoms with Gasteiger partial charge in [-0.2, -0.15) is 0 Å². The van der Waals surface area contributed by atoms with Gasteiger partial charge in [0.15, 0.2) is 0 Å². The Morgan fingerprint density at radius 2 is 2.00 bits per heavy atom. The van der Waals surface area contributed by atoms with E-state index >= 15 is 0 Å². The maximum absolute atomic E-state index is 12.0. The van der Waals surface area contributed by atoms with E-state index in [1.807, 2.05) is 40.6 Å². The topological polar surface area (TPSA) is 38.8 Å². The second kappa shape index (κ2) is 7.07. The number of nitrogens with zero attached hydrogens (tertiary/aromatic N) is 1. The van der Waals surface area contributed by atoms with E-state index in [0.717, 1.165) is 11.5 Å². The zero-order valence-electron chi connectivity index (χ0n) is 12.2. The maximum Gasteiger partial charge on any atom is 0.233 e. The quantitative estimate of drug-likeness (QED) is 0.811. The zero-order chi connectivity index (χ0) is 15.4. The number of hydrogen-bond acceptors (Lipinski definition) is 5. The molecule has 0 radical (unpaired) electrons. The van der Waals surface area contributed by atoms with Crippen LogP contribution in [0.25, 0.3) is 0 Å². The molecule has 4 nitrogen and oxygen atoms in total. The number of carbonyl (C=O) groups is 1. The predicted octanol–water partition coefficient (Wildman–Crippen LogP) is 3.41. The number of thioether (sulfide) groups is 1. The van der Waals surface area contributed by atoms with Gasteiger partial charge in [-0.15, -0.1) is 23.1 Å². The van der Waals surface area contributed by atoms with Gasteiger partial charge >= 0.3 is 0 Å². The fourth-order valence-electron chi connectivity index (χ4n) is 2.30. The number of hydrogen-bond donors (Lipinski definition) is 0. The molecule has 2 heterocycles. The first kappa shape index (κ1) is 15.2. The van der Waals surface area contributed by atoms with Crippen LogP contribution in [0.1, 0.15) is 10.3 Å². The van der Waals surface area contributed by atoms with E-state index in [2.05, 4.69) is 6.07 Å². The first-order valence-corrected chi connectivity index (χ1v) is 8.92. The Bertz CT molecular complexity index is 613. The SMILES string of the molecule is COc1ccc(OCCN2C(=O)CSC2c2cccs2)cc1. The first-order chi connectivity index (χ1) is 10.8. The highest BCUT2D eigenvalue weighted by Gasteiger charge is 2.33. The van der Waals surface area contributed by atoms with Crippen LogP contribution >= 0.6 is 23.1 Å². The molecule has 1 aliphatic heterocycles. The molecule has 1 amide bonds. The van der Waals surface area contributed by atoms with E-state index in [1.165, 1.54) is 4.88 Å². The molecule has 0 N–H and O–H groups in total. The lowest BCUT2D eigenvalue weighted by molar-refractivity contribution is -0.128. The summed E-state index contributed by atoms with van der Waals surface area (Å²) in [6.45, 7) is 1.08. The minimum Gasteiger partial charge on any atom is -0.497 e. The van der Waals surface area contributed by atoms with E-state index in [-0.39, 0.29) is 11.3 Å². The molecule has 0 bridgehead atoms. The van der Waals surface area contributed by atoms with Gasteiger partial charge in [0.05, 0.1) is 19.4 Å². The fraction of sp³-hybridized carbons (Fsp3) is 0.312. The van der Waals surface area contributed by atoms with E-state index in [0.29, 0.717) is 18.9 Å². The van der Waals surface area contributed by atoms with Crippen LogP contribution in [0.2, 0.25) is 0 Å². The van der Waals surface area contributed by atoms with Crippen molar-refractivity contribution in [1.29, 1.82) is 0 Å². The lowest BCUT2D eigenvalue weighted by Crippen LogP contribution is -2.32. The molecule has 1 aromatic carbocycles. The number of ether oxygens (including phenoxy) is 2. The smallest absolute Gasteiger partial charge is 0.233 e. The Hall–Kier alpha value is -1.66. The van der Waals surface area contributed by atoms with E-state index in [4.69, 9.17) is 9.47 Å². The Labute approximate surface area is 138 Å². The molecule has 1 fully saturated rings. The Morgan fingerprint density at radius 1 is 1.23 bits per heavy atom. The van der Waals surface area contributed by atoms with Gasteiger partial charge in [0.25, 0.3) is 0 Å². The average molecular weight is 335 g/mol. The van der Waals surface area contributed by atoms with Crippen molar-refractivity contribution < 1.29 is 14.3 Å². The molecule has 1 atom stereocenters. The van der Waals surface area contributed by atoms with Crippen LogP contribution < -0.4 is 9.47 Å². The molecule has 22 heavy (non-hydrogen) atoms. The molecule has 2 aromatic rings. The molecular weight excluding hydrogens is 318 g/mol. The summed E-state index contributed by atoms with van der Waals surface area (Å²) in [6.07, 6.45) is 0. The van der Waals surface area contributed by atoms with Crippen molar-refractivity contribution in [3.8, 4) is 11.5 Å². The van der Waals surface area contributed by atoms with Crippen molar-refractivity contribution in [2.45, 2.75) is 5.37 Å². The van der Waals surface area contributed by atoms with Crippen molar-refractivity contribution >= 4 is 29.0 Å². The minimum atomic E-state index is 0.131. The number of thiophene rings is 1. The molecule has 1 aliphatic rings. The first-order valence-electron chi connectivity index (χ1n) is 6.99. The largest absolute Gasteiger partial charge is 0.497 e. The van der Waals surface area contributed by atoms with Gasteiger partial charge in [-0.3, -0.25) is 4.79 Å². The monoisotopic (exact) mass is 335 g/mol. The number of carbonyl (C=O) groups excluding carboxylic acids is 1. The van der Waals surface area contributed by atoms with E-state index < -0.39 is 0 Å². The van der Waals surface area contributed by atoms with Crippen LogP contribution in [-0.4, -0.2) is 36.8 Å². The highest BCUT2D eigenvalue weighted by Crippen LogP contribution is 2.40. The molecule has 0 saturated carbocycles. The normalized spacial score (nSPS) is 17.8. The second-order valence-corrected chi connectivity index (χ2v) is 6.84. The van der Waals surface area contributed by atoms with Crippen LogP contribution in [0.5, 0.6) is 11.5 Å². The number of methoxy groups -OCH3 is 1. The molecule has 3 rings (SSSR count). The molecule has 0 spiro atoms. The van der Waals surface area contributed by atoms with Crippen LogP contribution in [0.4, 0.5) is 0 Å². The summed E-state index contributed by atoms with van der Waals surface area (Å²) in [5.74, 6) is 2.32. The maximum atomic E-state index is 12.0. The Morgan fingerprint density at radius 3 is 2.68 bits per heavy atom. The molecule has 1 saturated heterocycles. The van der Waals surface area contributed by atoms with Gasteiger partial charge in [-0.25, -0.2) is 0 Å². The summed E-state index contributed by atoms with van der Waals surface area (Å²) in [4.78, 5) is 15.2. The zero-order valence-corrected chi connectivity index (χ0v) is 13.9. The van der Waals surface area contributed by atoms with Gasteiger partial charge < -0.3 is 14.4 Å². The van der Waals surface area contributed by atoms with Crippen LogP contribution in [0.15, 0.2) is 41.8 Å². The van der Waals surface area contributed by atoms with Crippen molar-refractivity contribution in [2.24, 2.45) is 0 Å². The minimum absolute atomic E-state index is 0.131. The number of benzene rings is 1. The average Bonchev–Trinajstić information content (AvgIpc) is 3.18. The molecule has 6 heteroatoms. The highest BCUT2D eigenvalue weighted by molar-refractivity contribution is 8.00. The van der Waals surface area contributed by atoms with Crippen molar-refractivity contribution in [2.75, 3.05) is 26.0 Å². The van der Waals surface area contributed by atoms with Crippen molar-refractivity contribution in [3.05, 3.63) is 46.7 Å². The van der Waals surface area contributed by atoms with Gasteiger partial charge in [-0.05, 0) is 35.7 Å². The van der Waals surface area contributed by atoms with Crippen molar-refractivity contribution in [3.63, 3.8) is 0 Å². The van der Waals surface area contributed by atoms with Crippen LogP contribution in [0, 0.1) is 0 Å². The molecule has 116 valence electrons. The lowest BCUT2D eigenvalue weighted by Gasteiger charge is -2.23. The summed E-state index contributed by atoms with van der Waals surface area (Å²) in [7, 11) is 1.64. The number of amides is 1. The number of rotatable bonds is 6. The van der Waals surface area contributed by atoms with Gasteiger partial charge in [0, 0.05) is 4.88 Å². The molecular formula is C16H17NO3S2.